The quantitative estimate of drug-likeness (QED) is 0.624. The lowest BCUT2D eigenvalue weighted by molar-refractivity contribution is -0.125. The minimum absolute atomic E-state index is 0.0381. The monoisotopic (exact) mass is 440 g/mol. The van der Waals surface area contributed by atoms with Crippen molar-refractivity contribution in [2.24, 2.45) is 0 Å². The molecule has 1 aromatic heterocycles. The molecule has 9 heteroatoms. The second-order valence-electron chi connectivity index (χ2n) is 7.10. The van der Waals surface area contributed by atoms with Gasteiger partial charge in [-0.1, -0.05) is 11.6 Å². The van der Waals surface area contributed by atoms with Gasteiger partial charge in [0.1, 0.15) is 23.4 Å². The fourth-order valence-electron chi connectivity index (χ4n) is 3.51. The average Bonchev–Trinajstić information content (AvgIpc) is 3.11. The highest BCUT2D eigenvalue weighted by molar-refractivity contribution is 6.33. The summed E-state index contributed by atoms with van der Waals surface area (Å²) in [5, 5.41) is 10.6. The minimum atomic E-state index is -0.822. The number of ether oxygens (including phenoxy) is 2. The van der Waals surface area contributed by atoms with Gasteiger partial charge in [0.15, 0.2) is 0 Å². The number of hydrogen-bond donors (Lipinski definition) is 2. The molecular formula is C22H21ClN4O4. The van der Waals surface area contributed by atoms with Crippen LogP contribution in [0.25, 0.3) is 11.3 Å². The Labute approximate surface area is 184 Å². The van der Waals surface area contributed by atoms with Gasteiger partial charge in [-0.15, -0.1) is 0 Å². The molecule has 2 heterocycles. The molecule has 0 spiro atoms. The molecule has 0 bridgehead atoms. The van der Waals surface area contributed by atoms with E-state index in [2.05, 4.69) is 15.7 Å². The van der Waals surface area contributed by atoms with Crippen LogP contribution in [0.4, 0.5) is 11.5 Å². The van der Waals surface area contributed by atoms with Crippen molar-refractivity contribution in [1.29, 1.82) is 0 Å². The number of anilines is 2. The molecule has 0 saturated carbocycles. The van der Waals surface area contributed by atoms with Crippen LogP contribution >= 0.6 is 11.6 Å². The van der Waals surface area contributed by atoms with Crippen molar-refractivity contribution in [3.8, 4) is 22.8 Å². The van der Waals surface area contributed by atoms with Gasteiger partial charge in [0, 0.05) is 17.2 Å². The first-order valence-electron chi connectivity index (χ1n) is 9.59. The molecule has 8 nitrogen and oxygen atoms in total. The molecule has 0 aliphatic carbocycles. The second kappa shape index (κ2) is 8.31. The predicted octanol–water partition coefficient (Wildman–Crippen LogP) is 4.05. The summed E-state index contributed by atoms with van der Waals surface area (Å²) < 4.78 is 12.0. The van der Waals surface area contributed by atoms with Crippen LogP contribution in [0.2, 0.25) is 5.02 Å². The van der Waals surface area contributed by atoms with Gasteiger partial charge >= 0.3 is 0 Å². The van der Waals surface area contributed by atoms with Crippen molar-refractivity contribution in [1.82, 2.24) is 9.78 Å². The first-order valence-corrected chi connectivity index (χ1v) is 9.97. The van der Waals surface area contributed by atoms with Crippen LogP contribution in [0.15, 0.2) is 42.5 Å². The van der Waals surface area contributed by atoms with Gasteiger partial charge in [-0.2, -0.15) is 5.10 Å². The van der Waals surface area contributed by atoms with Crippen LogP contribution in [0, 0.1) is 6.92 Å². The number of fused-ring (bicyclic) bond motifs is 1. The molecule has 1 aliphatic heterocycles. The summed E-state index contributed by atoms with van der Waals surface area (Å²) in [7, 11) is 3.13. The van der Waals surface area contributed by atoms with Crippen LogP contribution in [0.3, 0.4) is 0 Å². The number of benzene rings is 2. The van der Waals surface area contributed by atoms with Gasteiger partial charge in [0.25, 0.3) is 0 Å². The zero-order valence-corrected chi connectivity index (χ0v) is 18.0. The van der Waals surface area contributed by atoms with E-state index in [0.29, 0.717) is 28.0 Å². The van der Waals surface area contributed by atoms with Crippen LogP contribution in [-0.4, -0.2) is 35.8 Å². The Hall–Kier alpha value is -3.52. The highest BCUT2D eigenvalue weighted by atomic mass is 35.5. The maximum absolute atomic E-state index is 13.1. The van der Waals surface area contributed by atoms with E-state index in [1.165, 1.54) is 7.11 Å². The number of carbonyl (C=O) groups is 2. The van der Waals surface area contributed by atoms with Crippen molar-refractivity contribution in [2.45, 2.75) is 19.4 Å². The molecule has 2 aromatic carbocycles. The Morgan fingerprint density at radius 1 is 1.16 bits per heavy atom. The van der Waals surface area contributed by atoms with Gasteiger partial charge in [-0.25, -0.2) is 4.68 Å². The molecule has 0 saturated heterocycles. The van der Waals surface area contributed by atoms with Gasteiger partial charge in [0.05, 0.1) is 37.0 Å². The van der Waals surface area contributed by atoms with Gasteiger partial charge < -0.3 is 20.1 Å². The van der Waals surface area contributed by atoms with E-state index in [1.807, 2.05) is 31.2 Å². The highest BCUT2D eigenvalue weighted by Gasteiger charge is 2.34. The molecule has 2 amide bonds. The molecule has 1 unspecified atom stereocenters. The summed E-state index contributed by atoms with van der Waals surface area (Å²) >= 11 is 6.22. The maximum Gasteiger partial charge on any atom is 0.249 e. The zero-order chi connectivity index (χ0) is 22.1. The van der Waals surface area contributed by atoms with Crippen molar-refractivity contribution in [2.75, 3.05) is 24.9 Å². The molecule has 1 aliphatic rings. The Morgan fingerprint density at radius 3 is 2.52 bits per heavy atom. The SMILES string of the molecule is COc1ccc(-c2nn3c(c2C)NC(=O)CC3C(=O)Nc2cc(OC)ccc2Cl)cc1. The standard InChI is InChI=1S/C22H21ClN4O4/c1-12-20(13-4-6-14(30-2)7-5-13)26-27-18(11-19(28)25-21(12)27)22(29)24-17-10-15(31-3)8-9-16(17)23/h4-10,18H,11H2,1-3H3,(H,24,29)(H,25,28). The van der Waals surface area contributed by atoms with Crippen molar-refractivity contribution < 1.29 is 19.1 Å². The highest BCUT2D eigenvalue weighted by Crippen LogP contribution is 2.35. The molecule has 160 valence electrons. The Bertz CT molecular complexity index is 1160. The summed E-state index contributed by atoms with van der Waals surface area (Å²) in [5.74, 6) is 1.13. The number of amides is 2. The first-order chi connectivity index (χ1) is 14.9. The van der Waals surface area contributed by atoms with E-state index in [0.717, 1.165) is 16.9 Å². The lowest BCUT2D eigenvalue weighted by Crippen LogP contribution is -2.36. The molecular weight excluding hydrogens is 420 g/mol. The maximum atomic E-state index is 13.1. The Balaban J connectivity index is 1.68. The van der Waals surface area contributed by atoms with Gasteiger partial charge in [-0.3, -0.25) is 9.59 Å². The van der Waals surface area contributed by atoms with Crippen LogP contribution < -0.4 is 20.1 Å². The number of carbonyl (C=O) groups excluding carboxylic acids is 2. The predicted molar refractivity (Wildman–Crippen MR) is 118 cm³/mol. The van der Waals surface area contributed by atoms with Gasteiger partial charge in [-0.05, 0) is 43.3 Å². The van der Waals surface area contributed by atoms with E-state index in [-0.39, 0.29) is 12.3 Å². The summed E-state index contributed by atoms with van der Waals surface area (Å²) in [6.45, 7) is 1.86. The minimum Gasteiger partial charge on any atom is -0.497 e. The number of rotatable bonds is 5. The summed E-state index contributed by atoms with van der Waals surface area (Å²) in [5.41, 5.74) is 2.70. The number of nitrogens with one attached hydrogen (secondary N) is 2. The molecule has 31 heavy (non-hydrogen) atoms. The lowest BCUT2D eigenvalue weighted by atomic mass is 10.1. The third-order valence-electron chi connectivity index (χ3n) is 5.18. The number of nitrogens with zero attached hydrogens (tertiary/aromatic N) is 2. The van der Waals surface area contributed by atoms with Crippen molar-refractivity contribution in [3.63, 3.8) is 0 Å². The normalized spacial score (nSPS) is 15.1. The number of aromatic nitrogens is 2. The smallest absolute Gasteiger partial charge is 0.249 e. The van der Waals surface area contributed by atoms with E-state index in [1.54, 1.807) is 30.0 Å². The third-order valence-corrected chi connectivity index (χ3v) is 5.51. The molecule has 2 N–H and O–H groups in total. The van der Waals surface area contributed by atoms with E-state index in [9.17, 15) is 9.59 Å². The Morgan fingerprint density at radius 2 is 1.84 bits per heavy atom. The third kappa shape index (κ3) is 3.94. The Kier molecular flexibility index (Phi) is 5.56. The van der Waals surface area contributed by atoms with E-state index in [4.69, 9.17) is 21.1 Å². The average molecular weight is 441 g/mol. The fourth-order valence-corrected chi connectivity index (χ4v) is 3.67. The number of hydrogen-bond acceptors (Lipinski definition) is 5. The molecule has 0 fully saturated rings. The summed E-state index contributed by atoms with van der Waals surface area (Å²) in [6, 6.07) is 11.6. The van der Waals surface area contributed by atoms with Crippen LogP contribution in [-0.2, 0) is 9.59 Å². The summed E-state index contributed by atoms with van der Waals surface area (Å²) in [4.78, 5) is 25.4. The number of halogens is 1. The van der Waals surface area contributed by atoms with E-state index < -0.39 is 11.9 Å². The molecule has 4 rings (SSSR count). The largest absolute Gasteiger partial charge is 0.497 e. The summed E-state index contributed by atoms with van der Waals surface area (Å²) in [6.07, 6.45) is -0.0381. The first kappa shape index (κ1) is 20.7. The molecule has 0 radical (unpaired) electrons. The fraction of sp³-hybridized carbons (Fsp3) is 0.227. The lowest BCUT2D eigenvalue weighted by Gasteiger charge is -2.24. The second-order valence-corrected chi connectivity index (χ2v) is 7.51. The topological polar surface area (TPSA) is 94.5 Å². The van der Waals surface area contributed by atoms with Gasteiger partial charge in [0.2, 0.25) is 11.8 Å². The van der Waals surface area contributed by atoms with Crippen LogP contribution in [0.1, 0.15) is 18.0 Å². The molecule has 3 aromatic rings. The van der Waals surface area contributed by atoms with E-state index >= 15 is 0 Å². The molecule has 1 atom stereocenters. The van der Waals surface area contributed by atoms with Crippen molar-refractivity contribution in [3.05, 3.63) is 53.1 Å². The number of methoxy groups -OCH3 is 2. The zero-order valence-electron chi connectivity index (χ0n) is 17.2. The van der Waals surface area contributed by atoms with Crippen molar-refractivity contribution >= 4 is 34.9 Å². The van der Waals surface area contributed by atoms with Crippen LogP contribution in [0.5, 0.6) is 11.5 Å².